The van der Waals surface area contributed by atoms with E-state index in [1.165, 1.54) is 5.69 Å². The average Bonchev–Trinajstić information content (AvgIpc) is 2.81. The zero-order valence-electron chi connectivity index (χ0n) is 11.9. The summed E-state index contributed by atoms with van der Waals surface area (Å²) in [7, 11) is 1.88. The Labute approximate surface area is 119 Å². The van der Waals surface area contributed by atoms with Gasteiger partial charge in [-0.1, -0.05) is 18.2 Å². The van der Waals surface area contributed by atoms with Gasteiger partial charge in [-0.25, -0.2) is 0 Å². The van der Waals surface area contributed by atoms with Crippen molar-refractivity contribution in [3.05, 3.63) is 42.1 Å². The van der Waals surface area contributed by atoms with Crippen LogP contribution in [0.5, 0.6) is 0 Å². The first kappa shape index (κ1) is 13.0. The van der Waals surface area contributed by atoms with Crippen molar-refractivity contribution in [2.24, 2.45) is 7.05 Å². The first-order valence-corrected chi connectivity index (χ1v) is 7.03. The van der Waals surface area contributed by atoms with Gasteiger partial charge in [0.1, 0.15) is 5.82 Å². The molecule has 0 aliphatic carbocycles. The number of anilines is 2. The van der Waals surface area contributed by atoms with Gasteiger partial charge in [0.15, 0.2) is 0 Å². The Morgan fingerprint density at radius 2 is 1.80 bits per heavy atom. The fourth-order valence-electron chi connectivity index (χ4n) is 2.66. The molecular weight excluding hydrogens is 250 g/mol. The number of nitrogens with two attached hydrogens (primary N) is 1. The third-order valence-corrected chi connectivity index (χ3v) is 3.95. The zero-order chi connectivity index (χ0) is 13.9. The highest BCUT2D eigenvalue weighted by Crippen LogP contribution is 2.18. The van der Waals surface area contributed by atoms with Gasteiger partial charge in [-0.05, 0) is 12.1 Å². The number of nitrogens with zero attached hydrogens (tertiary/aromatic N) is 4. The summed E-state index contributed by atoms with van der Waals surface area (Å²) in [6, 6.07) is 10.6. The molecule has 1 aliphatic rings. The van der Waals surface area contributed by atoms with Gasteiger partial charge in [-0.15, -0.1) is 0 Å². The SMILES string of the molecule is Cn1ncc(CN2CCN(c3ccccc3)CC2)c1N. The third kappa shape index (κ3) is 2.63. The van der Waals surface area contributed by atoms with Gasteiger partial charge in [0.2, 0.25) is 0 Å². The molecule has 1 aromatic heterocycles. The van der Waals surface area contributed by atoms with Crippen molar-refractivity contribution in [1.82, 2.24) is 14.7 Å². The molecule has 1 aromatic carbocycles. The highest BCUT2D eigenvalue weighted by molar-refractivity contribution is 5.46. The first-order chi connectivity index (χ1) is 9.74. The van der Waals surface area contributed by atoms with E-state index < -0.39 is 0 Å². The number of nitrogen functional groups attached to an aromatic ring is 1. The predicted octanol–water partition coefficient (Wildman–Crippen LogP) is 1.32. The molecule has 5 nitrogen and oxygen atoms in total. The summed E-state index contributed by atoms with van der Waals surface area (Å²) in [5.74, 6) is 0.774. The number of piperazine rings is 1. The maximum atomic E-state index is 6.00. The van der Waals surface area contributed by atoms with E-state index in [1.54, 1.807) is 4.68 Å². The number of rotatable bonds is 3. The van der Waals surface area contributed by atoms with E-state index in [2.05, 4.69) is 45.2 Å². The van der Waals surface area contributed by atoms with Crippen molar-refractivity contribution in [2.45, 2.75) is 6.54 Å². The quantitative estimate of drug-likeness (QED) is 0.915. The fourth-order valence-corrected chi connectivity index (χ4v) is 2.66. The normalized spacial score (nSPS) is 16.6. The van der Waals surface area contributed by atoms with Crippen LogP contribution in [-0.2, 0) is 13.6 Å². The van der Waals surface area contributed by atoms with Crippen LogP contribution in [0.25, 0.3) is 0 Å². The Balaban J connectivity index is 1.58. The van der Waals surface area contributed by atoms with Crippen molar-refractivity contribution in [3.8, 4) is 0 Å². The van der Waals surface area contributed by atoms with Crippen LogP contribution in [0.1, 0.15) is 5.56 Å². The number of hydrogen-bond acceptors (Lipinski definition) is 4. The first-order valence-electron chi connectivity index (χ1n) is 7.03. The molecule has 0 atom stereocenters. The minimum Gasteiger partial charge on any atom is -0.384 e. The van der Waals surface area contributed by atoms with Gasteiger partial charge in [0, 0.05) is 51.0 Å². The van der Waals surface area contributed by atoms with Crippen LogP contribution in [0, 0.1) is 0 Å². The van der Waals surface area contributed by atoms with E-state index in [9.17, 15) is 0 Å². The smallest absolute Gasteiger partial charge is 0.125 e. The van der Waals surface area contributed by atoms with Crippen molar-refractivity contribution < 1.29 is 0 Å². The summed E-state index contributed by atoms with van der Waals surface area (Å²) in [6.07, 6.45) is 1.87. The topological polar surface area (TPSA) is 50.3 Å². The van der Waals surface area contributed by atoms with Crippen LogP contribution in [0.15, 0.2) is 36.5 Å². The monoisotopic (exact) mass is 271 g/mol. The van der Waals surface area contributed by atoms with Gasteiger partial charge < -0.3 is 10.6 Å². The standard InChI is InChI=1S/C15H21N5/c1-18-15(16)13(11-17-18)12-19-7-9-20(10-8-19)14-5-3-2-4-6-14/h2-6,11H,7-10,12,16H2,1H3. The molecule has 1 saturated heterocycles. The highest BCUT2D eigenvalue weighted by Gasteiger charge is 2.18. The van der Waals surface area contributed by atoms with E-state index in [-0.39, 0.29) is 0 Å². The minimum absolute atomic E-state index is 0.774. The van der Waals surface area contributed by atoms with E-state index in [4.69, 9.17) is 5.73 Å². The Kier molecular flexibility index (Phi) is 3.60. The number of para-hydroxylation sites is 1. The lowest BCUT2D eigenvalue weighted by molar-refractivity contribution is 0.250. The predicted molar refractivity (Wildman–Crippen MR) is 81.6 cm³/mol. The van der Waals surface area contributed by atoms with Gasteiger partial charge in [-0.2, -0.15) is 5.10 Å². The van der Waals surface area contributed by atoms with Crippen molar-refractivity contribution in [3.63, 3.8) is 0 Å². The molecule has 106 valence electrons. The summed E-state index contributed by atoms with van der Waals surface area (Å²) in [5, 5.41) is 4.20. The molecule has 0 radical (unpaired) electrons. The van der Waals surface area contributed by atoms with Crippen LogP contribution in [-0.4, -0.2) is 40.9 Å². The molecule has 0 bridgehead atoms. The summed E-state index contributed by atoms with van der Waals surface area (Å²) < 4.78 is 1.73. The summed E-state index contributed by atoms with van der Waals surface area (Å²) in [6.45, 7) is 5.13. The Bertz CT molecular complexity index is 555. The van der Waals surface area contributed by atoms with Crippen LogP contribution < -0.4 is 10.6 Å². The molecule has 20 heavy (non-hydrogen) atoms. The molecule has 0 amide bonds. The molecule has 2 heterocycles. The second kappa shape index (κ2) is 5.54. The number of benzene rings is 1. The van der Waals surface area contributed by atoms with Crippen molar-refractivity contribution >= 4 is 11.5 Å². The molecule has 0 unspecified atom stereocenters. The van der Waals surface area contributed by atoms with Crippen LogP contribution in [0.2, 0.25) is 0 Å². The molecule has 1 fully saturated rings. The number of aryl methyl sites for hydroxylation is 1. The lowest BCUT2D eigenvalue weighted by atomic mass is 10.2. The number of hydrogen-bond donors (Lipinski definition) is 1. The molecule has 0 spiro atoms. The number of aromatic nitrogens is 2. The maximum Gasteiger partial charge on any atom is 0.125 e. The molecule has 2 N–H and O–H groups in total. The zero-order valence-corrected chi connectivity index (χ0v) is 11.9. The van der Waals surface area contributed by atoms with Gasteiger partial charge >= 0.3 is 0 Å². The molecule has 1 aliphatic heterocycles. The van der Waals surface area contributed by atoms with E-state index >= 15 is 0 Å². The molecule has 3 rings (SSSR count). The Morgan fingerprint density at radius 1 is 1.10 bits per heavy atom. The fraction of sp³-hybridized carbons (Fsp3) is 0.400. The van der Waals surface area contributed by atoms with Crippen LogP contribution in [0.4, 0.5) is 11.5 Å². The Hall–Kier alpha value is -2.01. The molecule has 5 heteroatoms. The summed E-state index contributed by atoms with van der Waals surface area (Å²) >= 11 is 0. The Morgan fingerprint density at radius 3 is 2.40 bits per heavy atom. The van der Waals surface area contributed by atoms with Gasteiger partial charge in [0.05, 0.1) is 6.20 Å². The van der Waals surface area contributed by atoms with Crippen molar-refractivity contribution in [2.75, 3.05) is 36.8 Å². The molecular formula is C15H21N5. The maximum absolute atomic E-state index is 6.00. The van der Waals surface area contributed by atoms with Gasteiger partial charge in [-0.3, -0.25) is 9.58 Å². The van der Waals surface area contributed by atoms with Crippen molar-refractivity contribution in [1.29, 1.82) is 0 Å². The molecule has 0 saturated carbocycles. The highest BCUT2D eigenvalue weighted by atomic mass is 15.3. The van der Waals surface area contributed by atoms with Gasteiger partial charge in [0.25, 0.3) is 0 Å². The average molecular weight is 271 g/mol. The second-order valence-electron chi connectivity index (χ2n) is 5.28. The van der Waals surface area contributed by atoms with E-state index in [0.29, 0.717) is 0 Å². The van der Waals surface area contributed by atoms with E-state index in [1.807, 2.05) is 13.2 Å². The van der Waals surface area contributed by atoms with Crippen LogP contribution in [0.3, 0.4) is 0 Å². The lowest BCUT2D eigenvalue weighted by Gasteiger charge is -2.36. The third-order valence-electron chi connectivity index (χ3n) is 3.95. The minimum atomic E-state index is 0.774. The molecule has 2 aromatic rings. The van der Waals surface area contributed by atoms with Crippen LogP contribution >= 0.6 is 0 Å². The largest absolute Gasteiger partial charge is 0.384 e. The lowest BCUT2D eigenvalue weighted by Crippen LogP contribution is -2.46. The summed E-state index contributed by atoms with van der Waals surface area (Å²) in [5.41, 5.74) is 8.44. The van der Waals surface area contributed by atoms with E-state index in [0.717, 1.165) is 44.1 Å². The summed E-state index contributed by atoms with van der Waals surface area (Å²) in [4.78, 5) is 4.87. The second-order valence-corrected chi connectivity index (χ2v) is 5.28.